The van der Waals surface area contributed by atoms with Crippen LogP contribution in [0, 0.1) is 11.7 Å². The van der Waals surface area contributed by atoms with Gasteiger partial charge in [-0.2, -0.15) is 0 Å². The van der Waals surface area contributed by atoms with E-state index < -0.39 is 0 Å². The number of nitrogens with zero attached hydrogens (tertiary/aromatic N) is 1. The third-order valence-corrected chi connectivity index (χ3v) is 3.83. The van der Waals surface area contributed by atoms with Crippen LogP contribution in [-0.4, -0.2) is 30.9 Å². The summed E-state index contributed by atoms with van der Waals surface area (Å²) in [7, 11) is 1.69. The number of amides is 1. The van der Waals surface area contributed by atoms with Gasteiger partial charge in [-0.15, -0.1) is 0 Å². The zero-order chi connectivity index (χ0) is 13.8. The van der Waals surface area contributed by atoms with E-state index in [1.54, 1.807) is 24.1 Å². The van der Waals surface area contributed by atoms with Crippen molar-refractivity contribution < 1.29 is 9.18 Å². The highest BCUT2D eigenvalue weighted by atomic mass is 35.5. The number of carbonyl (C=O) groups excluding carboxylic acids is 1. The molecule has 0 unspecified atom stereocenters. The zero-order valence-corrected chi connectivity index (χ0v) is 11.7. The van der Waals surface area contributed by atoms with Crippen molar-refractivity contribution in [2.24, 2.45) is 5.92 Å². The fourth-order valence-corrected chi connectivity index (χ4v) is 2.60. The van der Waals surface area contributed by atoms with Gasteiger partial charge in [0.1, 0.15) is 5.82 Å². The number of nitrogens with one attached hydrogen (secondary N) is 1. The van der Waals surface area contributed by atoms with Gasteiger partial charge in [0.25, 0.3) is 0 Å². The number of rotatable bonds is 3. The number of hydrogen-bond acceptors (Lipinski definition) is 2. The number of halogens is 2. The molecule has 0 aromatic heterocycles. The highest BCUT2D eigenvalue weighted by Crippen LogP contribution is 2.21. The third-order valence-electron chi connectivity index (χ3n) is 3.48. The van der Waals surface area contributed by atoms with Crippen LogP contribution in [-0.2, 0) is 11.3 Å². The van der Waals surface area contributed by atoms with E-state index in [1.165, 1.54) is 6.07 Å². The predicted molar refractivity (Wildman–Crippen MR) is 73.5 cm³/mol. The van der Waals surface area contributed by atoms with Gasteiger partial charge in [-0.3, -0.25) is 4.79 Å². The molecule has 0 spiro atoms. The van der Waals surface area contributed by atoms with E-state index >= 15 is 0 Å². The Morgan fingerprint density at radius 3 is 3.00 bits per heavy atom. The molecule has 1 heterocycles. The number of benzene rings is 1. The van der Waals surface area contributed by atoms with Gasteiger partial charge in [-0.25, -0.2) is 4.39 Å². The van der Waals surface area contributed by atoms with E-state index in [4.69, 9.17) is 11.6 Å². The second-order valence-corrected chi connectivity index (χ2v) is 5.34. The van der Waals surface area contributed by atoms with Crippen LogP contribution in [0.25, 0.3) is 0 Å². The number of piperidine rings is 1. The molecule has 1 aliphatic heterocycles. The lowest BCUT2D eigenvalue weighted by molar-refractivity contribution is -0.135. The summed E-state index contributed by atoms with van der Waals surface area (Å²) in [6.07, 6.45) is 1.89. The molecule has 1 aromatic carbocycles. The standard InChI is InChI=1S/C14H18ClFN2O/c1-18(14(19)10-4-3-7-17-8-10)9-11-12(15)5-2-6-13(11)16/h2,5-6,10,17H,3-4,7-9H2,1H3/t10-/m0/s1. The van der Waals surface area contributed by atoms with E-state index in [2.05, 4.69) is 5.32 Å². The number of hydrogen-bond donors (Lipinski definition) is 1. The molecule has 2 rings (SSSR count). The molecule has 104 valence electrons. The summed E-state index contributed by atoms with van der Waals surface area (Å²) in [6.45, 7) is 1.88. The number of carbonyl (C=O) groups is 1. The molecule has 1 fully saturated rings. The normalized spacial score (nSPS) is 19.2. The molecule has 0 radical (unpaired) electrons. The average molecular weight is 285 g/mol. The van der Waals surface area contributed by atoms with Gasteiger partial charge in [0, 0.05) is 30.7 Å². The Balaban J connectivity index is 2.03. The summed E-state index contributed by atoms with van der Waals surface area (Å²) in [5, 5.41) is 3.57. The molecule has 1 N–H and O–H groups in total. The molecule has 1 atom stereocenters. The minimum absolute atomic E-state index is 0.00991. The second-order valence-electron chi connectivity index (χ2n) is 4.94. The van der Waals surface area contributed by atoms with E-state index in [-0.39, 0.29) is 24.2 Å². The molecule has 0 saturated carbocycles. The van der Waals surface area contributed by atoms with Gasteiger partial charge in [-0.05, 0) is 31.5 Å². The summed E-state index contributed by atoms with van der Waals surface area (Å²) in [5.74, 6) is -0.329. The van der Waals surface area contributed by atoms with Gasteiger partial charge in [0.2, 0.25) is 5.91 Å². The maximum absolute atomic E-state index is 13.7. The van der Waals surface area contributed by atoms with Gasteiger partial charge in [0.05, 0.1) is 5.92 Å². The average Bonchev–Trinajstić information content (AvgIpc) is 2.43. The molecule has 1 saturated heterocycles. The van der Waals surface area contributed by atoms with E-state index in [9.17, 15) is 9.18 Å². The summed E-state index contributed by atoms with van der Waals surface area (Å²) < 4.78 is 13.7. The maximum atomic E-state index is 13.7. The lowest BCUT2D eigenvalue weighted by Crippen LogP contribution is -2.41. The van der Waals surface area contributed by atoms with Crippen molar-refractivity contribution in [3.63, 3.8) is 0 Å². The van der Waals surface area contributed by atoms with Crippen LogP contribution in [0.4, 0.5) is 4.39 Å². The van der Waals surface area contributed by atoms with Gasteiger partial charge in [0.15, 0.2) is 0 Å². The van der Waals surface area contributed by atoms with Crippen molar-refractivity contribution in [2.45, 2.75) is 19.4 Å². The van der Waals surface area contributed by atoms with Crippen molar-refractivity contribution in [3.05, 3.63) is 34.6 Å². The smallest absolute Gasteiger partial charge is 0.227 e. The Bertz CT molecular complexity index is 441. The Hall–Kier alpha value is -1.13. The second kappa shape index (κ2) is 6.35. The summed E-state index contributed by atoms with van der Waals surface area (Å²) >= 11 is 5.97. The molecule has 1 aliphatic rings. The lowest BCUT2D eigenvalue weighted by atomic mass is 9.98. The predicted octanol–water partition coefficient (Wildman–Crippen LogP) is 2.44. The monoisotopic (exact) mass is 284 g/mol. The van der Waals surface area contributed by atoms with E-state index in [0.29, 0.717) is 17.1 Å². The fourth-order valence-electron chi connectivity index (χ4n) is 2.37. The third kappa shape index (κ3) is 3.45. The first kappa shape index (κ1) is 14.3. The maximum Gasteiger partial charge on any atom is 0.227 e. The van der Waals surface area contributed by atoms with Crippen LogP contribution in [0.2, 0.25) is 5.02 Å². The first-order valence-corrected chi connectivity index (χ1v) is 6.86. The summed E-state index contributed by atoms with van der Waals surface area (Å²) in [5.41, 5.74) is 0.379. The summed E-state index contributed by atoms with van der Waals surface area (Å²) in [6, 6.07) is 4.57. The van der Waals surface area contributed by atoms with E-state index in [1.807, 2.05) is 0 Å². The highest BCUT2D eigenvalue weighted by molar-refractivity contribution is 6.31. The Morgan fingerprint density at radius 2 is 2.37 bits per heavy atom. The topological polar surface area (TPSA) is 32.3 Å². The minimum Gasteiger partial charge on any atom is -0.341 e. The Morgan fingerprint density at radius 1 is 1.58 bits per heavy atom. The summed E-state index contributed by atoms with van der Waals surface area (Å²) in [4.78, 5) is 13.8. The molecule has 19 heavy (non-hydrogen) atoms. The van der Waals surface area contributed by atoms with Crippen molar-refractivity contribution in [2.75, 3.05) is 20.1 Å². The first-order valence-electron chi connectivity index (χ1n) is 6.48. The van der Waals surface area contributed by atoms with Crippen LogP contribution >= 0.6 is 11.6 Å². The highest BCUT2D eigenvalue weighted by Gasteiger charge is 2.24. The lowest BCUT2D eigenvalue weighted by Gasteiger charge is -2.27. The Labute approximate surface area is 117 Å². The van der Waals surface area contributed by atoms with Crippen LogP contribution in [0.15, 0.2) is 18.2 Å². The first-order chi connectivity index (χ1) is 9.09. The molecule has 3 nitrogen and oxygen atoms in total. The van der Waals surface area contributed by atoms with Crippen LogP contribution in [0.3, 0.4) is 0 Å². The van der Waals surface area contributed by atoms with Gasteiger partial charge in [-0.1, -0.05) is 17.7 Å². The van der Waals surface area contributed by atoms with Crippen molar-refractivity contribution in [1.82, 2.24) is 10.2 Å². The zero-order valence-electron chi connectivity index (χ0n) is 11.0. The van der Waals surface area contributed by atoms with Crippen molar-refractivity contribution in [3.8, 4) is 0 Å². The van der Waals surface area contributed by atoms with Crippen LogP contribution < -0.4 is 5.32 Å². The van der Waals surface area contributed by atoms with Crippen molar-refractivity contribution in [1.29, 1.82) is 0 Å². The fraction of sp³-hybridized carbons (Fsp3) is 0.500. The minimum atomic E-state index is -0.367. The van der Waals surface area contributed by atoms with Crippen LogP contribution in [0.1, 0.15) is 18.4 Å². The molecule has 1 amide bonds. The SMILES string of the molecule is CN(Cc1c(F)cccc1Cl)C(=O)[C@H]1CCCNC1. The quantitative estimate of drug-likeness (QED) is 0.925. The molecular weight excluding hydrogens is 267 g/mol. The Kier molecular flexibility index (Phi) is 4.77. The molecule has 5 heteroatoms. The van der Waals surface area contributed by atoms with Gasteiger partial charge >= 0.3 is 0 Å². The largest absolute Gasteiger partial charge is 0.341 e. The van der Waals surface area contributed by atoms with Crippen LogP contribution in [0.5, 0.6) is 0 Å². The molecule has 0 aliphatic carbocycles. The van der Waals surface area contributed by atoms with Crippen molar-refractivity contribution >= 4 is 17.5 Å². The molecule has 0 bridgehead atoms. The van der Waals surface area contributed by atoms with Gasteiger partial charge < -0.3 is 10.2 Å². The molecule has 1 aromatic rings. The molecular formula is C14H18ClFN2O. The van der Waals surface area contributed by atoms with E-state index in [0.717, 1.165) is 19.4 Å².